The molecule has 1 saturated heterocycles. The molecule has 0 bridgehead atoms. The van der Waals surface area contributed by atoms with E-state index in [4.69, 9.17) is 0 Å². The summed E-state index contributed by atoms with van der Waals surface area (Å²) in [6.07, 6.45) is 2.87. The Bertz CT molecular complexity index is 674. The van der Waals surface area contributed by atoms with Gasteiger partial charge in [0.2, 0.25) is 11.8 Å². The molecule has 1 atom stereocenters. The summed E-state index contributed by atoms with van der Waals surface area (Å²) in [5, 5.41) is 3.05. The number of hydrogen-bond donors (Lipinski definition) is 1. The molecular weight excluding hydrogens is 350 g/mol. The first-order valence-corrected chi connectivity index (χ1v) is 10.7. The molecule has 0 radical (unpaired) electrons. The van der Waals surface area contributed by atoms with Crippen LogP contribution in [-0.2, 0) is 9.59 Å². The molecule has 28 heavy (non-hydrogen) atoms. The van der Waals surface area contributed by atoms with E-state index in [-0.39, 0.29) is 11.8 Å². The summed E-state index contributed by atoms with van der Waals surface area (Å²) in [4.78, 5) is 29.4. The van der Waals surface area contributed by atoms with Crippen LogP contribution in [0.25, 0.3) is 0 Å². The lowest BCUT2D eigenvalue weighted by Crippen LogP contribution is -2.55. The Morgan fingerprint density at radius 1 is 1.36 bits per heavy atom. The molecule has 1 aliphatic rings. The molecule has 1 N–H and O–H groups in total. The first-order chi connectivity index (χ1) is 13.3. The van der Waals surface area contributed by atoms with Crippen LogP contribution < -0.4 is 10.2 Å². The van der Waals surface area contributed by atoms with Crippen LogP contribution in [-0.4, -0.2) is 48.4 Å². The largest absolute Gasteiger partial charge is 0.372 e. The standard InChI is InChI=1S/C23H37N3O2/c1-6-25(20-10-7-9-19(4)17-20)15-8-16-26-21(27)11-13-23(26,5)22(28)24-14-12-18(2)3/h7,9-10,17-18H,6,8,11-16H2,1-5H3,(H,24,28)/t23-/m1/s1. The zero-order valence-electron chi connectivity index (χ0n) is 18.3. The van der Waals surface area contributed by atoms with Crippen LogP contribution in [0.3, 0.4) is 0 Å². The second-order valence-electron chi connectivity index (χ2n) is 8.53. The second kappa shape index (κ2) is 9.94. The Morgan fingerprint density at radius 3 is 2.75 bits per heavy atom. The predicted molar refractivity (Wildman–Crippen MR) is 115 cm³/mol. The minimum absolute atomic E-state index is 0.00923. The van der Waals surface area contributed by atoms with E-state index in [2.05, 4.69) is 62.2 Å². The second-order valence-corrected chi connectivity index (χ2v) is 8.53. The topological polar surface area (TPSA) is 52.7 Å². The molecule has 2 rings (SSSR count). The van der Waals surface area contributed by atoms with Gasteiger partial charge < -0.3 is 15.1 Å². The number of aryl methyl sites for hydroxylation is 1. The fraction of sp³-hybridized carbons (Fsp3) is 0.652. The van der Waals surface area contributed by atoms with Crippen LogP contribution in [0.2, 0.25) is 0 Å². The third-order valence-electron chi connectivity index (χ3n) is 5.78. The van der Waals surface area contributed by atoms with Gasteiger partial charge in [0.1, 0.15) is 5.54 Å². The van der Waals surface area contributed by atoms with Crippen LogP contribution >= 0.6 is 0 Å². The van der Waals surface area contributed by atoms with E-state index in [1.54, 1.807) is 0 Å². The minimum Gasteiger partial charge on any atom is -0.372 e. The highest BCUT2D eigenvalue weighted by atomic mass is 16.2. The van der Waals surface area contributed by atoms with Gasteiger partial charge in [-0.05, 0) is 63.6 Å². The number of carbonyl (C=O) groups excluding carboxylic acids is 2. The molecule has 1 aromatic carbocycles. The maximum absolute atomic E-state index is 12.8. The van der Waals surface area contributed by atoms with Crippen molar-refractivity contribution in [2.75, 3.05) is 31.1 Å². The van der Waals surface area contributed by atoms with Crippen molar-refractivity contribution in [3.8, 4) is 0 Å². The average molecular weight is 388 g/mol. The lowest BCUT2D eigenvalue weighted by atomic mass is 9.97. The predicted octanol–water partition coefficient (Wildman–Crippen LogP) is 3.75. The number of benzene rings is 1. The van der Waals surface area contributed by atoms with Gasteiger partial charge in [0.05, 0.1) is 0 Å². The Labute approximate surface area is 170 Å². The first-order valence-electron chi connectivity index (χ1n) is 10.7. The molecule has 0 aliphatic carbocycles. The van der Waals surface area contributed by atoms with Gasteiger partial charge in [0.15, 0.2) is 0 Å². The number of rotatable bonds is 10. The summed E-state index contributed by atoms with van der Waals surface area (Å²) in [7, 11) is 0. The van der Waals surface area contributed by atoms with E-state index in [0.717, 1.165) is 25.9 Å². The van der Waals surface area contributed by atoms with E-state index in [1.807, 2.05) is 11.8 Å². The lowest BCUT2D eigenvalue weighted by molar-refractivity contribution is -0.140. The molecule has 5 nitrogen and oxygen atoms in total. The van der Waals surface area contributed by atoms with Crippen molar-refractivity contribution in [1.82, 2.24) is 10.2 Å². The van der Waals surface area contributed by atoms with E-state index < -0.39 is 5.54 Å². The van der Waals surface area contributed by atoms with Crippen LogP contribution in [0.15, 0.2) is 24.3 Å². The van der Waals surface area contributed by atoms with Crippen molar-refractivity contribution in [2.45, 2.75) is 65.8 Å². The number of nitrogens with one attached hydrogen (secondary N) is 1. The zero-order chi connectivity index (χ0) is 20.7. The molecule has 2 amide bonds. The van der Waals surface area contributed by atoms with Crippen LogP contribution in [0.4, 0.5) is 5.69 Å². The van der Waals surface area contributed by atoms with Gasteiger partial charge in [-0.1, -0.05) is 26.0 Å². The summed E-state index contributed by atoms with van der Waals surface area (Å²) in [6.45, 7) is 13.5. The number of nitrogens with zero attached hydrogens (tertiary/aromatic N) is 2. The van der Waals surface area contributed by atoms with Crippen molar-refractivity contribution in [3.05, 3.63) is 29.8 Å². The summed E-state index contributed by atoms with van der Waals surface area (Å²) < 4.78 is 0. The van der Waals surface area contributed by atoms with E-state index in [9.17, 15) is 9.59 Å². The van der Waals surface area contributed by atoms with Crippen molar-refractivity contribution in [3.63, 3.8) is 0 Å². The van der Waals surface area contributed by atoms with Crippen LogP contribution in [0, 0.1) is 12.8 Å². The SMILES string of the molecule is CCN(CCCN1C(=O)CC[C@]1(C)C(=O)NCCC(C)C)c1cccc(C)c1. The minimum atomic E-state index is -0.714. The summed E-state index contributed by atoms with van der Waals surface area (Å²) in [5.41, 5.74) is 1.75. The van der Waals surface area contributed by atoms with Gasteiger partial charge in [-0.25, -0.2) is 0 Å². The van der Waals surface area contributed by atoms with E-state index >= 15 is 0 Å². The number of carbonyl (C=O) groups is 2. The van der Waals surface area contributed by atoms with Crippen molar-refractivity contribution in [2.24, 2.45) is 5.92 Å². The number of likely N-dealkylation sites (tertiary alicyclic amines) is 1. The van der Waals surface area contributed by atoms with Gasteiger partial charge in [-0.15, -0.1) is 0 Å². The maximum atomic E-state index is 12.8. The highest BCUT2D eigenvalue weighted by Gasteiger charge is 2.46. The molecule has 156 valence electrons. The summed E-state index contributed by atoms with van der Waals surface area (Å²) in [5.74, 6) is 0.640. The van der Waals surface area contributed by atoms with E-state index in [1.165, 1.54) is 11.3 Å². The Kier molecular flexibility index (Phi) is 7.90. The quantitative estimate of drug-likeness (QED) is 0.665. The maximum Gasteiger partial charge on any atom is 0.245 e. The third-order valence-corrected chi connectivity index (χ3v) is 5.78. The highest BCUT2D eigenvalue weighted by Crippen LogP contribution is 2.30. The van der Waals surface area contributed by atoms with Gasteiger partial charge >= 0.3 is 0 Å². The van der Waals surface area contributed by atoms with Gasteiger partial charge in [0.25, 0.3) is 0 Å². The lowest BCUT2D eigenvalue weighted by Gasteiger charge is -2.35. The summed E-state index contributed by atoms with van der Waals surface area (Å²) >= 11 is 0. The molecule has 0 aromatic heterocycles. The fourth-order valence-electron chi connectivity index (χ4n) is 3.88. The third kappa shape index (κ3) is 5.49. The van der Waals surface area contributed by atoms with Gasteiger partial charge in [0, 0.05) is 38.3 Å². The molecule has 1 aliphatic heterocycles. The molecule has 1 fully saturated rings. The molecule has 0 spiro atoms. The Morgan fingerprint density at radius 2 is 2.11 bits per heavy atom. The van der Waals surface area contributed by atoms with Gasteiger partial charge in [-0.3, -0.25) is 9.59 Å². The Balaban J connectivity index is 1.94. The zero-order valence-corrected chi connectivity index (χ0v) is 18.3. The van der Waals surface area contributed by atoms with Crippen molar-refractivity contribution >= 4 is 17.5 Å². The number of hydrogen-bond acceptors (Lipinski definition) is 3. The molecule has 1 heterocycles. The molecule has 5 heteroatoms. The molecule has 1 aromatic rings. The highest BCUT2D eigenvalue weighted by molar-refractivity contribution is 5.94. The van der Waals surface area contributed by atoms with Crippen LogP contribution in [0.1, 0.15) is 58.9 Å². The number of amides is 2. The van der Waals surface area contributed by atoms with Crippen molar-refractivity contribution < 1.29 is 9.59 Å². The normalized spacial score (nSPS) is 19.4. The Hall–Kier alpha value is -2.04. The molecule has 0 unspecified atom stereocenters. The van der Waals surface area contributed by atoms with Crippen LogP contribution in [0.5, 0.6) is 0 Å². The van der Waals surface area contributed by atoms with Gasteiger partial charge in [-0.2, -0.15) is 0 Å². The first kappa shape index (κ1) is 22.3. The molecule has 0 saturated carbocycles. The molecular formula is C23H37N3O2. The smallest absolute Gasteiger partial charge is 0.245 e. The fourth-order valence-corrected chi connectivity index (χ4v) is 3.88. The van der Waals surface area contributed by atoms with Crippen molar-refractivity contribution in [1.29, 1.82) is 0 Å². The van der Waals surface area contributed by atoms with E-state index in [0.29, 0.717) is 31.8 Å². The number of anilines is 1. The average Bonchev–Trinajstić information content (AvgIpc) is 2.94. The monoisotopic (exact) mass is 387 g/mol. The summed E-state index contributed by atoms with van der Waals surface area (Å²) in [6, 6.07) is 8.50.